The molecule has 1 aromatic carbocycles. The second-order valence-electron chi connectivity index (χ2n) is 16.6. The summed E-state index contributed by atoms with van der Waals surface area (Å²) in [6.45, 7) is 15.6. The molecule has 2 aliphatic heterocycles. The molecule has 3 heterocycles. The van der Waals surface area contributed by atoms with Crippen molar-refractivity contribution in [3.63, 3.8) is 0 Å². The Morgan fingerprint density at radius 2 is 1.69 bits per heavy atom. The molecule has 2 aromatic rings. The van der Waals surface area contributed by atoms with Crippen molar-refractivity contribution < 1.29 is 52.8 Å². The van der Waals surface area contributed by atoms with Gasteiger partial charge in [-0.15, -0.1) is 0 Å². The van der Waals surface area contributed by atoms with Crippen LogP contribution in [0.4, 0.5) is 0 Å². The van der Waals surface area contributed by atoms with E-state index in [1.165, 1.54) is 13.8 Å². The number of carbonyl (C=O) groups excluding carboxylic acids is 4. The highest BCUT2D eigenvalue weighted by atomic mass is 16.7. The molecule has 0 spiro atoms. The van der Waals surface area contributed by atoms with E-state index < -0.39 is 77.1 Å². The number of amides is 1. The molecule has 0 bridgehead atoms. The highest BCUT2D eigenvalue weighted by molar-refractivity contribution is 6.00. The van der Waals surface area contributed by atoms with Gasteiger partial charge in [-0.2, -0.15) is 0 Å². The number of nitrogens with one attached hydrogen (secondary N) is 1. The molecule has 54 heavy (non-hydrogen) atoms. The van der Waals surface area contributed by atoms with E-state index >= 15 is 0 Å². The number of rotatable bonds is 9. The number of esters is 1. The summed E-state index contributed by atoms with van der Waals surface area (Å²) >= 11 is 0. The number of methoxy groups -OCH3 is 1. The topological polar surface area (TPSA) is 171 Å². The van der Waals surface area contributed by atoms with Crippen molar-refractivity contribution in [2.75, 3.05) is 13.7 Å². The molecule has 300 valence electrons. The zero-order valence-corrected chi connectivity index (χ0v) is 33.5. The van der Waals surface area contributed by atoms with Crippen molar-refractivity contribution >= 4 is 23.4 Å². The Bertz CT molecular complexity index is 1590. The van der Waals surface area contributed by atoms with Gasteiger partial charge in [-0.25, -0.2) is 0 Å². The Balaban J connectivity index is 1.57. The summed E-state index contributed by atoms with van der Waals surface area (Å²) in [5.41, 5.74) is -1.34. The van der Waals surface area contributed by atoms with Crippen LogP contribution >= 0.6 is 0 Å². The normalized spacial score (nSPS) is 35.6. The Labute approximate surface area is 319 Å². The second kappa shape index (κ2) is 18.0. The van der Waals surface area contributed by atoms with Crippen molar-refractivity contribution in [2.24, 2.45) is 35.0 Å². The molecule has 4 rings (SSSR count). The third kappa shape index (κ3) is 10.1. The van der Waals surface area contributed by atoms with E-state index in [2.05, 4.69) is 12.2 Å². The molecule has 0 aliphatic carbocycles. The van der Waals surface area contributed by atoms with Gasteiger partial charge >= 0.3 is 5.97 Å². The molecule has 2 fully saturated rings. The number of benzene rings is 1. The van der Waals surface area contributed by atoms with Crippen molar-refractivity contribution in [1.29, 1.82) is 0 Å². The predicted octanol–water partition coefficient (Wildman–Crippen LogP) is 5.30. The van der Waals surface area contributed by atoms with Gasteiger partial charge in [0, 0.05) is 43.4 Å². The number of furan rings is 1. The minimum atomic E-state index is -2.12. The summed E-state index contributed by atoms with van der Waals surface area (Å²) in [7, 11) is 1.59. The van der Waals surface area contributed by atoms with Crippen LogP contribution in [0.15, 0.2) is 47.1 Å². The molecule has 2 saturated heterocycles. The zero-order chi connectivity index (χ0) is 40.1. The molecule has 0 radical (unpaired) electrons. The van der Waals surface area contributed by atoms with Crippen LogP contribution in [-0.2, 0) is 44.5 Å². The van der Waals surface area contributed by atoms with Crippen LogP contribution < -0.4 is 5.32 Å². The molecule has 1 amide bonds. The van der Waals surface area contributed by atoms with E-state index in [4.69, 9.17) is 23.4 Å². The van der Waals surface area contributed by atoms with Gasteiger partial charge in [-0.3, -0.25) is 19.2 Å². The average molecular weight is 756 g/mol. The number of carbonyl (C=O) groups is 4. The smallest absolute Gasteiger partial charge is 0.316 e. The first-order valence-electron chi connectivity index (χ1n) is 19.2. The number of aliphatic hydroxyl groups excluding tert-OH is 1. The highest BCUT2D eigenvalue weighted by Crippen LogP contribution is 2.41. The van der Waals surface area contributed by atoms with Gasteiger partial charge in [0.15, 0.2) is 12.1 Å². The van der Waals surface area contributed by atoms with Crippen LogP contribution in [0.25, 0.3) is 11.3 Å². The number of Topliss-reactive ketones (excluding diaryl/α,β-unsaturated/α-hetero) is 2. The summed E-state index contributed by atoms with van der Waals surface area (Å²) in [6, 6.07) is 11.0. The van der Waals surface area contributed by atoms with E-state index in [9.17, 15) is 29.4 Å². The van der Waals surface area contributed by atoms with E-state index in [0.29, 0.717) is 5.76 Å². The maximum Gasteiger partial charge on any atom is 0.316 e. The molecule has 3 N–H and O–H groups in total. The second-order valence-corrected chi connectivity index (χ2v) is 16.6. The van der Waals surface area contributed by atoms with Gasteiger partial charge in [0.1, 0.15) is 35.3 Å². The van der Waals surface area contributed by atoms with Crippen LogP contribution in [0.5, 0.6) is 0 Å². The first-order valence-corrected chi connectivity index (χ1v) is 19.2. The number of hydrogen-bond acceptors (Lipinski definition) is 11. The predicted molar refractivity (Wildman–Crippen MR) is 201 cm³/mol. The Morgan fingerprint density at radius 3 is 2.33 bits per heavy atom. The SMILES string of the molecule is COC1C(C)CC(C)OC1O[C@@H]1[C@@H](C)C(=O)[C@@H](C)C(=O)O[C@H](CCNC(=O)Cc2cccc(-c3ccco3)c2)[C@@](C)(O)[C@H](O)[C@@H](C)C(=O)[C@H](C)CC1(C)C. The molecular formula is C42H61NO11. The first kappa shape index (κ1) is 43.3. The lowest BCUT2D eigenvalue weighted by Gasteiger charge is -2.46. The van der Waals surface area contributed by atoms with Crippen LogP contribution in [0.1, 0.15) is 87.1 Å². The number of ether oxygens (including phenoxy) is 4. The van der Waals surface area contributed by atoms with Crippen molar-refractivity contribution in [3.05, 3.63) is 48.2 Å². The van der Waals surface area contributed by atoms with Gasteiger partial charge in [-0.05, 0) is 68.7 Å². The van der Waals surface area contributed by atoms with Crippen LogP contribution in [0.3, 0.4) is 0 Å². The van der Waals surface area contributed by atoms with Crippen molar-refractivity contribution in [2.45, 2.75) is 130 Å². The van der Waals surface area contributed by atoms with Crippen LogP contribution in [0.2, 0.25) is 0 Å². The molecule has 12 nitrogen and oxygen atoms in total. The third-order valence-corrected chi connectivity index (χ3v) is 11.5. The van der Waals surface area contributed by atoms with Crippen LogP contribution in [0, 0.1) is 35.0 Å². The number of cyclic esters (lactones) is 1. The number of aliphatic hydroxyl groups is 2. The highest BCUT2D eigenvalue weighted by Gasteiger charge is 2.50. The van der Waals surface area contributed by atoms with Crippen molar-refractivity contribution in [1.82, 2.24) is 5.32 Å². The van der Waals surface area contributed by atoms with Gasteiger partial charge in [0.25, 0.3) is 0 Å². The van der Waals surface area contributed by atoms with Gasteiger partial charge in [0.05, 0.1) is 31.0 Å². The monoisotopic (exact) mass is 755 g/mol. The molecule has 2 aliphatic rings. The molecule has 1 aromatic heterocycles. The fourth-order valence-electron chi connectivity index (χ4n) is 8.41. The lowest BCUT2D eigenvalue weighted by molar-refractivity contribution is -0.288. The Kier molecular flexibility index (Phi) is 14.5. The maximum absolute atomic E-state index is 14.2. The first-order chi connectivity index (χ1) is 25.3. The third-order valence-electron chi connectivity index (χ3n) is 11.5. The van der Waals surface area contributed by atoms with E-state index in [0.717, 1.165) is 17.5 Å². The standard InChI is InChI=1S/C42H61NO11/c1-23-19-25(3)52-40(36(23)50-10)54-38-27(5)35(46)28(6)39(48)53-32(42(9,49)37(47)26(4)34(45)24(2)22-41(38,7)8)16-17-43-33(44)21-29-13-11-14-30(20-29)31-15-12-18-51-31/h11-15,18,20,23-28,32,36-38,40,47,49H,16-17,19,21-22H2,1-10H3,(H,43,44)/t23?,24-,25?,26+,27+,28-,32-,36?,37-,38-,40?,42-/m1/s1. The summed E-state index contributed by atoms with van der Waals surface area (Å²) in [5.74, 6) is -4.95. The Hall–Kier alpha value is -3.42. The largest absolute Gasteiger partial charge is 0.464 e. The van der Waals surface area contributed by atoms with E-state index in [-0.39, 0.29) is 49.5 Å². The lowest BCUT2D eigenvalue weighted by Crippen LogP contribution is -2.57. The molecular weight excluding hydrogens is 694 g/mol. The summed E-state index contributed by atoms with van der Waals surface area (Å²) in [6.07, 6.45) is -2.57. The molecule has 0 saturated carbocycles. The fourth-order valence-corrected chi connectivity index (χ4v) is 8.41. The summed E-state index contributed by atoms with van der Waals surface area (Å²) < 4.78 is 30.0. The Morgan fingerprint density at radius 1 is 0.981 bits per heavy atom. The summed E-state index contributed by atoms with van der Waals surface area (Å²) in [4.78, 5) is 54.9. The fraction of sp³-hybridized carbons (Fsp3) is 0.667. The van der Waals surface area contributed by atoms with E-state index in [1.807, 2.05) is 51.1 Å². The lowest BCUT2D eigenvalue weighted by atomic mass is 9.69. The van der Waals surface area contributed by atoms with Crippen molar-refractivity contribution in [3.8, 4) is 11.3 Å². The zero-order valence-electron chi connectivity index (χ0n) is 33.5. The van der Waals surface area contributed by atoms with Crippen LogP contribution in [-0.4, -0.2) is 89.7 Å². The van der Waals surface area contributed by atoms with Gasteiger partial charge in [-0.1, -0.05) is 59.7 Å². The van der Waals surface area contributed by atoms with E-state index in [1.54, 1.807) is 40.2 Å². The number of hydrogen-bond donors (Lipinski definition) is 3. The molecule has 4 unspecified atom stereocenters. The van der Waals surface area contributed by atoms with Gasteiger partial charge in [0.2, 0.25) is 5.91 Å². The quantitative estimate of drug-likeness (QED) is 0.224. The average Bonchev–Trinajstić information content (AvgIpc) is 3.66. The summed E-state index contributed by atoms with van der Waals surface area (Å²) in [5, 5.41) is 26.2. The maximum atomic E-state index is 14.2. The minimum absolute atomic E-state index is 0.0298. The molecule has 12 heteroatoms. The van der Waals surface area contributed by atoms with Gasteiger partial charge < -0.3 is 38.9 Å². The molecule has 12 atom stereocenters. The number of ketones is 2. The minimum Gasteiger partial charge on any atom is -0.464 e.